The number of fused-ring (bicyclic) bond motifs is 1. The third-order valence-corrected chi connectivity index (χ3v) is 5.83. The summed E-state index contributed by atoms with van der Waals surface area (Å²) in [6.07, 6.45) is 2.05. The highest BCUT2D eigenvalue weighted by atomic mass is 35.5. The molecule has 3 aromatic rings. The van der Waals surface area contributed by atoms with E-state index in [-0.39, 0.29) is 18.4 Å². The number of amides is 2. The van der Waals surface area contributed by atoms with Gasteiger partial charge in [0.2, 0.25) is 5.91 Å². The predicted octanol–water partition coefficient (Wildman–Crippen LogP) is 3.12. The number of aromatic nitrogens is 2. The van der Waals surface area contributed by atoms with Crippen molar-refractivity contribution in [1.29, 1.82) is 0 Å². The average molecular weight is 403 g/mol. The molecule has 4 rings (SSSR count). The van der Waals surface area contributed by atoms with Crippen molar-refractivity contribution >= 4 is 45.0 Å². The summed E-state index contributed by atoms with van der Waals surface area (Å²) in [4.78, 5) is 25.7. The Morgan fingerprint density at radius 3 is 2.74 bits per heavy atom. The zero-order valence-corrected chi connectivity index (χ0v) is 16.4. The lowest BCUT2D eigenvalue weighted by molar-refractivity contribution is -0.120. The Hall–Kier alpha value is -2.38. The molecular formula is C19H19ClN4O2S. The van der Waals surface area contributed by atoms with Gasteiger partial charge >= 0.3 is 0 Å². The van der Waals surface area contributed by atoms with E-state index in [0.29, 0.717) is 22.5 Å². The number of rotatable bonds is 6. The van der Waals surface area contributed by atoms with Crippen molar-refractivity contribution in [2.75, 3.05) is 6.54 Å². The van der Waals surface area contributed by atoms with Gasteiger partial charge in [-0.25, -0.2) is 0 Å². The molecule has 0 unspecified atom stereocenters. The van der Waals surface area contributed by atoms with Crippen LogP contribution < -0.4 is 10.6 Å². The quantitative estimate of drug-likeness (QED) is 0.665. The lowest BCUT2D eigenvalue weighted by atomic mass is 10.2. The fourth-order valence-corrected chi connectivity index (χ4v) is 4.05. The second-order valence-electron chi connectivity index (χ2n) is 6.72. The molecule has 0 bridgehead atoms. The van der Waals surface area contributed by atoms with Crippen LogP contribution in [-0.2, 0) is 11.3 Å². The summed E-state index contributed by atoms with van der Waals surface area (Å²) in [5, 5.41) is 11.8. The van der Waals surface area contributed by atoms with Gasteiger partial charge in [-0.1, -0.05) is 23.7 Å². The van der Waals surface area contributed by atoms with Gasteiger partial charge < -0.3 is 10.6 Å². The van der Waals surface area contributed by atoms with Gasteiger partial charge in [-0.2, -0.15) is 5.10 Å². The molecule has 0 saturated heterocycles. The molecular weight excluding hydrogens is 384 g/mol. The van der Waals surface area contributed by atoms with Gasteiger partial charge in [0.05, 0.1) is 23.7 Å². The summed E-state index contributed by atoms with van der Waals surface area (Å²) in [6, 6.07) is 9.76. The van der Waals surface area contributed by atoms with Crippen molar-refractivity contribution in [1.82, 2.24) is 20.4 Å². The molecule has 6 nitrogen and oxygen atoms in total. The van der Waals surface area contributed by atoms with Crippen molar-refractivity contribution in [2.45, 2.75) is 32.4 Å². The first kappa shape index (κ1) is 18.0. The Labute approximate surface area is 165 Å². The minimum absolute atomic E-state index is 0.000535. The van der Waals surface area contributed by atoms with E-state index in [1.54, 1.807) is 0 Å². The van der Waals surface area contributed by atoms with Gasteiger partial charge in [-0.05, 0) is 43.5 Å². The topological polar surface area (TPSA) is 76.0 Å². The maximum atomic E-state index is 12.4. The van der Waals surface area contributed by atoms with E-state index < -0.39 is 0 Å². The van der Waals surface area contributed by atoms with Crippen molar-refractivity contribution in [3.8, 4) is 0 Å². The second kappa shape index (κ2) is 7.32. The summed E-state index contributed by atoms with van der Waals surface area (Å²) in [6.45, 7) is 2.53. The summed E-state index contributed by atoms with van der Waals surface area (Å²) in [5.74, 6) is -0.378. The highest BCUT2D eigenvalue weighted by Crippen LogP contribution is 2.29. The van der Waals surface area contributed by atoms with Gasteiger partial charge in [-0.15, -0.1) is 11.3 Å². The lowest BCUT2D eigenvalue weighted by Crippen LogP contribution is -2.37. The van der Waals surface area contributed by atoms with Gasteiger partial charge in [0, 0.05) is 16.5 Å². The third kappa shape index (κ3) is 4.14. The molecule has 140 valence electrons. The minimum Gasteiger partial charge on any atom is -0.352 e. The van der Waals surface area contributed by atoms with Crippen LogP contribution in [0.4, 0.5) is 0 Å². The molecule has 2 N–H and O–H groups in total. The fourth-order valence-electron chi connectivity index (χ4n) is 2.85. The monoisotopic (exact) mass is 402 g/mol. The number of benzene rings is 1. The van der Waals surface area contributed by atoms with Crippen LogP contribution in [0.1, 0.15) is 33.8 Å². The molecule has 2 heterocycles. The summed E-state index contributed by atoms with van der Waals surface area (Å²) in [7, 11) is 0. The van der Waals surface area contributed by atoms with Crippen molar-refractivity contribution < 1.29 is 9.59 Å². The normalized spacial score (nSPS) is 13.7. The number of thiophene rings is 1. The van der Waals surface area contributed by atoms with Crippen LogP contribution in [0.2, 0.25) is 5.02 Å². The molecule has 2 amide bonds. The molecule has 0 aliphatic heterocycles. The molecule has 1 aliphatic rings. The standard InChI is InChI=1S/C19H19ClN4O2S/c1-11-15-8-16(18(26)21-9-17(25)22-14-6-7-14)27-19(15)24(23-11)10-12-2-4-13(20)5-3-12/h2-5,8,14H,6-7,9-10H2,1H3,(H,21,26)(H,22,25). The van der Waals surface area contributed by atoms with Gasteiger partial charge in [0.25, 0.3) is 5.91 Å². The minimum atomic E-state index is -0.236. The zero-order chi connectivity index (χ0) is 19.0. The van der Waals surface area contributed by atoms with E-state index >= 15 is 0 Å². The number of carbonyl (C=O) groups is 2. The number of carbonyl (C=O) groups excluding carboxylic acids is 2. The van der Waals surface area contributed by atoms with Crippen LogP contribution in [0, 0.1) is 6.92 Å². The molecule has 0 radical (unpaired) electrons. The van der Waals surface area contributed by atoms with Gasteiger partial charge in [0.1, 0.15) is 4.83 Å². The van der Waals surface area contributed by atoms with E-state index in [0.717, 1.165) is 34.3 Å². The lowest BCUT2D eigenvalue weighted by Gasteiger charge is -2.05. The van der Waals surface area contributed by atoms with Crippen molar-refractivity contribution in [3.63, 3.8) is 0 Å². The molecule has 0 spiro atoms. The Balaban J connectivity index is 1.48. The highest BCUT2D eigenvalue weighted by Gasteiger charge is 2.23. The number of hydrogen-bond donors (Lipinski definition) is 2. The summed E-state index contributed by atoms with van der Waals surface area (Å²) >= 11 is 7.33. The fraction of sp³-hybridized carbons (Fsp3) is 0.316. The zero-order valence-electron chi connectivity index (χ0n) is 14.8. The molecule has 8 heteroatoms. The number of halogens is 1. The van der Waals surface area contributed by atoms with Crippen LogP contribution in [0.5, 0.6) is 0 Å². The van der Waals surface area contributed by atoms with Crippen LogP contribution >= 0.6 is 22.9 Å². The smallest absolute Gasteiger partial charge is 0.261 e. The molecule has 1 aliphatic carbocycles. The average Bonchev–Trinajstić information content (AvgIpc) is 3.25. The van der Waals surface area contributed by atoms with Crippen LogP contribution in [0.3, 0.4) is 0 Å². The Kier molecular flexibility index (Phi) is 4.88. The number of nitrogens with one attached hydrogen (secondary N) is 2. The molecule has 1 saturated carbocycles. The van der Waals surface area contributed by atoms with E-state index in [4.69, 9.17) is 11.6 Å². The predicted molar refractivity (Wildman–Crippen MR) is 106 cm³/mol. The summed E-state index contributed by atoms with van der Waals surface area (Å²) in [5.41, 5.74) is 1.96. The Bertz CT molecular complexity index is 1000. The first-order valence-corrected chi connectivity index (χ1v) is 9.98. The van der Waals surface area contributed by atoms with E-state index in [9.17, 15) is 9.59 Å². The highest BCUT2D eigenvalue weighted by molar-refractivity contribution is 7.20. The van der Waals surface area contributed by atoms with E-state index in [2.05, 4.69) is 15.7 Å². The first-order valence-electron chi connectivity index (χ1n) is 8.78. The number of aryl methyl sites for hydroxylation is 1. The molecule has 1 aromatic carbocycles. The molecule has 27 heavy (non-hydrogen) atoms. The van der Waals surface area contributed by atoms with Gasteiger partial charge in [-0.3, -0.25) is 14.3 Å². The number of nitrogens with zero attached hydrogens (tertiary/aromatic N) is 2. The molecule has 1 fully saturated rings. The van der Waals surface area contributed by atoms with Crippen LogP contribution in [0.25, 0.3) is 10.2 Å². The SMILES string of the molecule is Cc1nn(Cc2ccc(Cl)cc2)c2sc(C(=O)NCC(=O)NC3CC3)cc12. The van der Waals surface area contributed by atoms with Crippen molar-refractivity contribution in [2.24, 2.45) is 0 Å². The maximum Gasteiger partial charge on any atom is 0.261 e. The first-order chi connectivity index (χ1) is 13.0. The maximum absolute atomic E-state index is 12.4. The van der Waals surface area contributed by atoms with Crippen LogP contribution in [-0.4, -0.2) is 34.2 Å². The third-order valence-electron chi connectivity index (χ3n) is 4.43. The Morgan fingerprint density at radius 2 is 2.04 bits per heavy atom. The van der Waals surface area contributed by atoms with Crippen molar-refractivity contribution in [3.05, 3.63) is 51.5 Å². The number of hydrogen-bond acceptors (Lipinski definition) is 4. The van der Waals surface area contributed by atoms with E-state index in [1.807, 2.05) is 41.9 Å². The second-order valence-corrected chi connectivity index (χ2v) is 8.19. The molecule has 0 atom stereocenters. The largest absolute Gasteiger partial charge is 0.352 e. The summed E-state index contributed by atoms with van der Waals surface area (Å²) < 4.78 is 1.90. The van der Waals surface area contributed by atoms with Gasteiger partial charge in [0.15, 0.2) is 0 Å². The van der Waals surface area contributed by atoms with Crippen LogP contribution in [0.15, 0.2) is 30.3 Å². The van der Waals surface area contributed by atoms with E-state index in [1.165, 1.54) is 11.3 Å². The Morgan fingerprint density at radius 1 is 1.30 bits per heavy atom. The molecule has 2 aromatic heterocycles.